The lowest BCUT2D eigenvalue weighted by molar-refractivity contribution is -0.437. The van der Waals surface area contributed by atoms with Crippen LogP contribution in [0.25, 0.3) is 0 Å². The van der Waals surface area contributed by atoms with E-state index in [1.54, 1.807) is 4.90 Å². The van der Waals surface area contributed by atoms with Crippen LogP contribution in [-0.4, -0.2) is 82.3 Å². The van der Waals surface area contributed by atoms with Crippen molar-refractivity contribution in [3.05, 3.63) is 12.2 Å². The Morgan fingerprint density at radius 2 is 1.80 bits per heavy atom. The summed E-state index contributed by atoms with van der Waals surface area (Å²) in [6, 6.07) is -0.603. The van der Waals surface area contributed by atoms with Crippen molar-refractivity contribution in [3.8, 4) is 0 Å². The summed E-state index contributed by atoms with van der Waals surface area (Å²) in [6.07, 6.45) is -0.0126. The minimum atomic E-state index is -2.32. The predicted octanol–water partition coefficient (Wildman–Crippen LogP) is 1.36. The fourth-order valence-corrected chi connectivity index (χ4v) is 9.82. The first-order valence-corrected chi connectivity index (χ1v) is 15.2. The summed E-state index contributed by atoms with van der Waals surface area (Å²) in [5.41, 5.74) is 2.86. The van der Waals surface area contributed by atoms with Crippen LogP contribution in [-0.2, 0) is 28.7 Å². The predicted molar refractivity (Wildman–Crippen MR) is 146 cm³/mol. The maximum absolute atomic E-state index is 14.2. The number of fused-ring (bicyclic) bond motifs is 2. The molecule has 0 unspecified atom stereocenters. The molecule has 3 heterocycles. The number of likely N-dealkylation sites (tertiary alicyclic amines) is 1. The Morgan fingerprint density at radius 3 is 2.44 bits per heavy atom. The van der Waals surface area contributed by atoms with E-state index >= 15 is 0 Å². The van der Waals surface area contributed by atoms with E-state index in [-0.39, 0.29) is 29.8 Å². The van der Waals surface area contributed by atoms with E-state index in [2.05, 4.69) is 6.58 Å². The van der Waals surface area contributed by atoms with Gasteiger partial charge in [-0.2, -0.15) is 0 Å². The number of aliphatic hydroxyl groups excluding tert-OH is 1. The van der Waals surface area contributed by atoms with Crippen molar-refractivity contribution in [1.82, 2.24) is 4.90 Å². The van der Waals surface area contributed by atoms with Crippen molar-refractivity contribution in [2.75, 3.05) is 19.7 Å². The van der Waals surface area contributed by atoms with Crippen LogP contribution in [0.15, 0.2) is 12.2 Å². The van der Waals surface area contributed by atoms with Crippen molar-refractivity contribution in [2.45, 2.75) is 90.3 Å². The van der Waals surface area contributed by atoms with Gasteiger partial charge in [-0.25, -0.2) is 0 Å². The van der Waals surface area contributed by atoms with Crippen molar-refractivity contribution in [1.29, 1.82) is 0 Å². The molecule has 9 atom stereocenters. The minimum absolute atomic E-state index is 0.000290. The Morgan fingerprint density at radius 1 is 1.15 bits per heavy atom. The first-order valence-electron chi connectivity index (χ1n) is 15.2. The van der Waals surface area contributed by atoms with Crippen molar-refractivity contribution < 1.29 is 38.9 Å². The standard InChI is InChI=1S/C31H44N2O8/c1-15(2)21(32)26(37)33-12-9-17(10-13-33)27(38)41-25-18-6-7-19-29-14-40-31(39,30(19,25)23(35)16(18)3)24(36)22(29)28(4,5)11-8-20(29)34/h15,17-19,21-22,24-25,36,39H,3,6-14,32H2,1-2,4-5H3/t18-,19-,21+,22+,24-,25+,29+,30-,31-/m0/s1. The van der Waals surface area contributed by atoms with Gasteiger partial charge in [0, 0.05) is 31.3 Å². The molecular formula is C31H44N2O8. The summed E-state index contributed by atoms with van der Waals surface area (Å²) < 4.78 is 12.2. The molecule has 0 aromatic heterocycles. The largest absolute Gasteiger partial charge is 0.460 e. The van der Waals surface area contributed by atoms with Gasteiger partial charge in [0.1, 0.15) is 23.4 Å². The van der Waals surface area contributed by atoms with Gasteiger partial charge in [0.2, 0.25) is 11.7 Å². The first kappa shape index (κ1) is 29.0. The molecule has 4 saturated carbocycles. The van der Waals surface area contributed by atoms with Gasteiger partial charge in [-0.15, -0.1) is 0 Å². The summed E-state index contributed by atoms with van der Waals surface area (Å²) in [5, 5.41) is 24.1. The Balaban J connectivity index is 1.32. The van der Waals surface area contributed by atoms with Gasteiger partial charge in [0.25, 0.3) is 0 Å². The molecule has 4 aliphatic carbocycles. The van der Waals surface area contributed by atoms with Gasteiger partial charge in [0.15, 0.2) is 5.78 Å². The highest BCUT2D eigenvalue weighted by molar-refractivity contribution is 6.06. The molecule has 7 fully saturated rings. The van der Waals surface area contributed by atoms with Crippen LogP contribution in [0.1, 0.15) is 66.2 Å². The Labute approximate surface area is 241 Å². The number of ketones is 2. The zero-order valence-corrected chi connectivity index (χ0v) is 24.6. The molecule has 3 saturated heterocycles. The van der Waals surface area contributed by atoms with Crippen LogP contribution >= 0.6 is 0 Å². The second-order valence-electron chi connectivity index (χ2n) is 14.5. The van der Waals surface area contributed by atoms with Gasteiger partial charge in [-0.05, 0) is 54.9 Å². The highest BCUT2D eigenvalue weighted by Gasteiger charge is 2.88. The second-order valence-corrected chi connectivity index (χ2v) is 14.5. The van der Waals surface area contributed by atoms with Gasteiger partial charge < -0.3 is 30.3 Å². The maximum Gasteiger partial charge on any atom is 0.309 e. The Bertz CT molecular complexity index is 1210. The van der Waals surface area contributed by atoms with E-state index in [0.29, 0.717) is 51.6 Å². The molecule has 0 aromatic rings. The summed E-state index contributed by atoms with van der Waals surface area (Å²) in [6.45, 7) is 12.5. The monoisotopic (exact) mass is 572 g/mol. The summed E-state index contributed by atoms with van der Waals surface area (Å²) in [5.74, 6) is -5.77. The Kier molecular flexibility index (Phi) is 6.48. The second kappa shape index (κ2) is 9.18. The molecule has 0 radical (unpaired) electrons. The summed E-state index contributed by atoms with van der Waals surface area (Å²) in [7, 11) is 0. The number of carbonyl (C=O) groups is 4. The van der Waals surface area contributed by atoms with Crippen LogP contribution in [0.3, 0.4) is 0 Å². The number of ether oxygens (including phenoxy) is 2. The lowest BCUT2D eigenvalue weighted by Gasteiger charge is -2.73. The normalized spacial score (nSPS) is 44.0. The van der Waals surface area contributed by atoms with E-state index in [1.165, 1.54) is 0 Å². The zero-order chi connectivity index (χ0) is 29.9. The molecule has 7 rings (SSSR count). The number of amides is 1. The number of rotatable bonds is 4. The fourth-order valence-electron chi connectivity index (χ4n) is 9.82. The van der Waals surface area contributed by atoms with E-state index in [4.69, 9.17) is 15.2 Å². The number of nitrogens with zero attached hydrogens (tertiary/aromatic N) is 1. The fraction of sp³-hybridized carbons (Fsp3) is 0.806. The third kappa shape index (κ3) is 3.45. The maximum atomic E-state index is 14.2. The summed E-state index contributed by atoms with van der Waals surface area (Å²) >= 11 is 0. The molecule has 41 heavy (non-hydrogen) atoms. The minimum Gasteiger partial charge on any atom is -0.460 e. The van der Waals surface area contributed by atoms with Crippen LogP contribution in [0, 0.1) is 45.8 Å². The van der Waals surface area contributed by atoms with Crippen molar-refractivity contribution in [2.24, 2.45) is 51.6 Å². The van der Waals surface area contributed by atoms with Gasteiger partial charge >= 0.3 is 5.97 Å². The van der Waals surface area contributed by atoms with Crippen LogP contribution in [0.4, 0.5) is 0 Å². The smallest absolute Gasteiger partial charge is 0.309 e. The van der Waals surface area contributed by atoms with E-state index in [9.17, 15) is 29.4 Å². The molecule has 3 aliphatic heterocycles. The molecule has 10 nitrogen and oxygen atoms in total. The average molecular weight is 573 g/mol. The third-order valence-corrected chi connectivity index (χ3v) is 12.0. The summed E-state index contributed by atoms with van der Waals surface area (Å²) in [4.78, 5) is 56.2. The van der Waals surface area contributed by atoms with Crippen molar-refractivity contribution in [3.63, 3.8) is 0 Å². The van der Waals surface area contributed by atoms with Gasteiger partial charge in [-0.1, -0.05) is 34.3 Å². The SMILES string of the molecule is C=C1C(=O)[C@]23[C@H](OC(=O)C4CCN(C(=O)[C@H](N)C(C)C)CC4)[C@H]1CC[C@H]2[C@@]12CO[C@@]3(O)[C@@H](O)[C@@H]1C(C)(C)CCC2=O. The van der Waals surface area contributed by atoms with E-state index in [1.807, 2.05) is 27.7 Å². The lowest BCUT2D eigenvalue weighted by atomic mass is 9.36. The van der Waals surface area contributed by atoms with E-state index in [0.717, 1.165) is 0 Å². The molecular weight excluding hydrogens is 528 g/mol. The molecule has 1 amide bonds. The average Bonchev–Trinajstić information content (AvgIpc) is 3.05. The van der Waals surface area contributed by atoms with Gasteiger partial charge in [0.05, 0.1) is 24.0 Å². The first-order chi connectivity index (χ1) is 19.2. The molecule has 226 valence electrons. The highest BCUT2D eigenvalue weighted by Crippen LogP contribution is 2.76. The van der Waals surface area contributed by atoms with Crippen LogP contribution < -0.4 is 5.73 Å². The molecule has 2 spiro atoms. The molecule has 7 aliphatic rings. The third-order valence-electron chi connectivity index (χ3n) is 12.0. The van der Waals surface area contributed by atoms with E-state index < -0.39 is 75.7 Å². The Hall–Kier alpha value is -2.14. The molecule has 4 bridgehead atoms. The number of piperidine rings is 1. The molecule has 4 N–H and O–H groups in total. The number of nitrogens with two attached hydrogens (primary N) is 1. The van der Waals surface area contributed by atoms with Crippen molar-refractivity contribution >= 4 is 23.4 Å². The van der Waals surface area contributed by atoms with Gasteiger partial charge in [-0.3, -0.25) is 19.2 Å². The number of carbonyl (C=O) groups excluding carboxylic acids is 4. The number of aliphatic hydroxyl groups is 2. The zero-order valence-electron chi connectivity index (χ0n) is 24.6. The van der Waals surface area contributed by atoms with Crippen LogP contribution in [0.2, 0.25) is 0 Å². The molecule has 10 heteroatoms. The topological polar surface area (TPSA) is 156 Å². The highest BCUT2D eigenvalue weighted by atomic mass is 16.6. The lowest BCUT2D eigenvalue weighted by Crippen LogP contribution is -2.85. The number of Topliss-reactive ketones (excluding diaryl/α,β-unsaturated/α-hetero) is 2. The van der Waals surface area contributed by atoms with Crippen LogP contribution in [0.5, 0.6) is 0 Å². The number of esters is 1. The number of hydrogen-bond acceptors (Lipinski definition) is 9. The number of hydrogen-bond donors (Lipinski definition) is 3. The quantitative estimate of drug-likeness (QED) is 0.334. The molecule has 0 aromatic carbocycles.